The van der Waals surface area contributed by atoms with Gasteiger partial charge in [-0.15, -0.1) is 0 Å². The van der Waals surface area contributed by atoms with Gasteiger partial charge >= 0.3 is 11.9 Å². The zero-order chi connectivity index (χ0) is 69.0. The molecule has 0 aromatic heterocycles. The molecule has 0 aliphatic carbocycles. The molecule has 21 N–H and O–H groups in total. The summed E-state index contributed by atoms with van der Waals surface area (Å²) in [5, 5.41) is 99.1. The maximum absolute atomic E-state index is 14.2. The number of nitrogens with two attached hydrogens (primary N) is 3. The number of rotatable bonds is 42. The highest BCUT2D eigenvalue weighted by Crippen LogP contribution is 2.24. The summed E-state index contributed by atoms with van der Waals surface area (Å²) in [5.41, 5.74) is 17.0. The molecular weight excluding hydrogens is 1200 g/mol. The number of hydrogen-bond acceptors (Lipinski definition) is 22. The smallest absolute Gasteiger partial charge is 0.328 e. The minimum absolute atomic E-state index is 0.0227. The second-order valence-corrected chi connectivity index (χ2v) is 24.0. The number of primary amides is 1. The molecule has 0 bridgehead atoms. The lowest BCUT2D eigenvalue weighted by Crippen LogP contribution is -2.64. The van der Waals surface area contributed by atoms with Crippen LogP contribution in [0.2, 0.25) is 0 Å². The van der Waals surface area contributed by atoms with Crippen molar-refractivity contribution < 1.29 is 103 Å². The quantitative estimate of drug-likeness (QED) is 0.0200. The molecule has 2 rings (SSSR count). The summed E-state index contributed by atoms with van der Waals surface area (Å²) in [6, 6.07) is -15.6. The van der Waals surface area contributed by atoms with Crippen molar-refractivity contribution in [3.8, 4) is 0 Å². The number of carbonyl (C=O) groups excluding carboxylic acids is 11. The van der Waals surface area contributed by atoms with E-state index in [0.717, 1.165) is 64.2 Å². The van der Waals surface area contributed by atoms with Crippen LogP contribution in [0.3, 0.4) is 0 Å². The minimum Gasteiger partial charge on any atom is -0.480 e. The number of hydrogen-bond donors (Lipinski definition) is 18. The summed E-state index contributed by atoms with van der Waals surface area (Å²) < 4.78 is 5.76. The molecule has 2 fully saturated rings. The van der Waals surface area contributed by atoms with Crippen LogP contribution in [0.5, 0.6) is 0 Å². The molecule has 2 saturated heterocycles. The molecule has 2 aliphatic rings. The highest BCUT2D eigenvalue weighted by molar-refractivity contribution is 6.00. The molecule has 0 aromatic carbocycles. The molecule has 10 amide bonds. The van der Waals surface area contributed by atoms with Crippen LogP contribution >= 0.6 is 0 Å². The van der Waals surface area contributed by atoms with Gasteiger partial charge in [0.25, 0.3) is 0 Å². The van der Waals surface area contributed by atoms with Crippen molar-refractivity contribution in [2.24, 2.45) is 23.1 Å². The van der Waals surface area contributed by atoms with Crippen molar-refractivity contribution in [1.82, 2.24) is 47.0 Å². The number of β-amino-alcohol motifs (C(OH)–C–C–N with tert-alkyl or cyclic N) is 1. The van der Waals surface area contributed by atoms with Gasteiger partial charge in [0.05, 0.1) is 55.6 Å². The molecule has 0 radical (unpaired) electrons. The van der Waals surface area contributed by atoms with Crippen molar-refractivity contribution in [2.75, 3.05) is 26.2 Å². The summed E-state index contributed by atoms with van der Waals surface area (Å²) in [6.07, 6.45) is -3.19. The van der Waals surface area contributed by atoms with Crippen LogP contribution < -0.4 is 54.4 Å². The number of carboxylic acids is 1. The molecule has 33 nitrogen and oxygen atoms in total. The third-order valence-corrected chi connectivity index (χ3v) is 15.8. The van der Waals surface area contributed by atoms with Crippen LogP contribution in [0.25, 0.3) is 0 Å². The van der Waals surface area contributed by atoms with Gasteiger partial charge in [0, 0.05) is 19.5 Å². The lowest BCUT2D eigenvalue weighted by Gasteiger charge is -2.33. The second-order valence-electron chi connectivity index (χ2n) is 24.0. The Bertz CT molecular complexity index is 2420. The van der Waals surface area contributed by atoms with Gasteiger partial charge in [-0.2, -0.15) is 0 Å². The number of nitrogens with one attached hydrogen (secondary N) is 7. The van der Waals surface area contributed by atoms with E-state index in [-0.39, 0.29) is 51.1 Å². The highest BCUT2D eigenvalue weighted by atomic mass is 16.5. The van der Waals surface area contributed by atoms with E-state index in [1.54, 1.807) is 13.8 Å². The maximum atomic E-state index is 14.2. The number of carboxylic acid groups (broad SMARTS) is 1. The number of aliphatic hydroxyl groups is 7. The standard InChI is InChI=1S/C58H102N12O21/c1-8-9-10-11-12-13-14-15-16-17-18-20-35(26-39(77)64-45(33(7)74)57(88)89)91-58(90)36(21-19-23-59)63-52(83)42(30(4)71)65-40(78)27-62-51(82)46(48(79)49(61)80)68-54(85)47-38(76)22-24-69(47)56(87)44(32(6)73)67-53(84)43(31(5)72)66-50(81)37-25-34(75)28-70(37)55(86)41(60)29(2)3/h29-38,41-48,71-76,79H,8-28,59-60H2,1-7H3,(H2,61,80)(H,62,82)(H,63,83)(H,64,77)(H,65,78)(H,66,81)(H,67,84)(H,68,85)(H,88,89)/t30?,31?,32?,33?,34?,35-,36?,37?,38?,41?,42?,43?,44?,45?,46?,47?,48?/m1/s1. The van der Waals surface area contributed by atoms with Crippen LogP contribution in [0.15, 0.2) is 0 Å². The molecular formula is C58H102N12O21. The van der Waals surface area contributed by atoms with Gasteiger partial charge in [-0.25, -0.2) is 9.59 Å². The second kappa shape index (κ2) is 40.3. The molecule has 520 valence electrons. The van der Waals surface area contributed by atoms with Crippen molar-refractivity contribution in [3.05, 3.63) is 0 Å². The van der Waals surface area contributed by atoms with Crippen LogP contribution in [-0.4, -0.2) is 251 Å². The van der Waals surface area contributed by atoms with Crippen molar-refractivity contribution in [2.45, 2.75) is 261 Å². The fraction of sp³-hybridized carbons (Fsp3) is 0.793. The van der Waals surface area contributed by atoms with E-state index in [2.05, 4.69) is 33.5 Å². The van der Waals surface area contributed by atoms with Crippen LogP contribution in [0.1, 0.15) is 158 Å². The Morgan fingerprint density at radius 3 is 1.62 bits per heavy atom. The van der Waals surface area contributed by atoms with Gasteiger partial charge in [-0.3, -0.25) is 47.9 Å². The van der Waals surface area contributed by atoms with Crippen LogP contribution in [0.4, 0.5) is 0 Å². The Kier molecular flexibility index (Phi) is 35.6. The Morgan fingerprint density at radius 1 is 0.582 bits per heavy atom. The molecule has 2 aliphatic heterocycles. The van der Waals surface area contributed by atoms with E-state index in [0.29, 0.717) is 17.7 Å². The fourth-order valence-electron chi connectivity index (χ4n) is 10.3. The average Bonchev–Trinajstić information content (AvgIpc) is 1.95. The first-order valence-corrected chi connectivity index (χ1v) is 31.3. The van der Waals surface area contributed by atoms with Gasteiger partial charge in [-0.1, -0.05) is 85.0 Å². The van der Waals surface area contributed by atoms with Gasteiger partial charge in [0.1, 0.15) is 48.4 Å². The number of ether oxygens (including phenoxy) is 1. The van der Waals surface area contributed by atoms with Gasteiger partial charge < -0.3 is 110 Å². The third kappa shape index (κ3) is 26.4. The fourth-order valence-corrected chi connectivity index (χ4v) is 10.3. The van der Waals surface area contributed by atoms with Crippen molar-refractivity contribution >= 4 is 71.0 Å². The van der Waals surface area contributed by atoms with Crippen LogP contribution in [0, 0.1) is 5.92 Å². The number of unbranched alkanes of at least 4 members (excludes halogenated alkanes) is 10. The van der Waals surface area contributed by atoms with Crippen molar-refractivity contribution in [1.29, 1.82) is 0 Å². The average molecular weight is 1300 g/mol. The van der Waals surface area contributed by atoms with E-state index in [4.69, 9.17) is 21.9 Å². The van der Waals surface area contributed by atoms with Crippen molar-refractivity contribution in [3.63, 3.8) is 0 Å². The Labute approximate surface area is 529 Å². The summed E-state index contributed by atoms with van der Waals surface area (Å²) in [6.45, 7) is 8.12. The molecule has 17 atom stereocenters. The Morgan fingerprint density at radius 2 is 1.10 bits per heavy atom. The molecule has 2 heterocycles. The predicted octanol–water partition coefficient (Wildman–Crippen LogP) is -5.89. The highest BCUT2D eigenvalue weighted by Gasteiger charge is 2.48. The summed E-state index contributed by atoms with van der Waals surface area (Å²) in [4.78, 5) is 162. The number of aliphatic hydroxyl groups excluding tert-OH is 7. The minimum atomic E-state index is -2.56. The number of likely N-dealkylation sites (tertiary alicyclic amines) is 2. The number of aliphatic carboxylic acids is 1. The summed E-state index contributed by atoms with van der Waals surface area (Å²) in [7, 11) is 0. The summed E-state index contributed by atoms with van der Waals surface area (Å²) in [5.74, 6) is -14.7. The SMILES string of the molecule is CCCCCCCCCCCCC[C@H](CC(=O)NC(C(=O)O)C(C)O)OC(=O)C(CCCN)NC(=O)C(NC(=O)CNC(=O)C(NC(=O)C1C(O)CCN1C(=O)C(NC(=O)C(NC(=O)C1CC(O)CN1C(=O)C(N)C(C)C)C(C)O)C(C)O)C(O)C(N)=O)C(C)O. The molecule has 91 heavy (non-hydrogen) atoms. The molecule has 16 unspecified atom stereocenters. The Balaban J connectivity index is 2.25. The molecule has 33 heteroatoms. The number of carbonyl (C=O) groups is 12. The normalized spacial score (nSPS) is 20.8. The van der Waals surface area contributed by atoms with Gasteiger partial charge in [-0.05, 0) is 72.3 Å². The molecule has 0 spiro atoms. The lowest BCUT2D eigenvalue weighted by molar-refractivity contribution is -0.156. The van der Waals surface area contributed by atoms with E-state index in [1.165, 1.54) is 26.2 Å². The number of amides is 10. The first kappa shape index (κ1) is 80.4. The molecule has 0 saturated carbocycles. The third-order valence-electron chi connectivity index (χ3n) is 15.8. The zero-order valence-corrected chi connectivity index (χ0v) is 53.3. The Hall–Kier alpha value is -6.72. The van der Waals surface area contributed by atoms with Crippen LogP contribution in [-0.2, 0) is 62.3 Å². The van der Waals surface area contributed by atoms with E-state index < -0.39 is 194 Å². The largest absolute Gasteiger partial charge is 0.480 e. The first-order chi connectivity index (χ1) is 42.7. The monoisotopic (exact) mass is 1300 g/mol. The van der Waals surface area contributed by atoms with E-state index in [9.17, 15) is 98.4 Å². The molecule has 0 aromatic rings. The lowest BCUT2D eigenvalue weighted by atomic mass is 10.0. The summed E-state index contributed by atoms with van der Waals surface area (Å²) >= 11 is 0. The topological polar surface area (TPSA) is 545 Å². The number of nitrogens with zero attached hydrogens (tertiary/aromatic N) is 2. The zero-order valence-electron chi connectivity index (χ0n) is 53.3. The first-order valence-electron chi connectivity index (χ1n) is 31.3. The van der Waals surface area contributed by atoms with Gasteiger partial charge in [0.15, 0.2) is 12.1 Å². The van der Waals surface area contributed by atoms with E-state index >= 15 is 0 Å². The maximum Gasteiger partial charge on any atom is 0.328 e. The predicted molar refractivity (Wildman–Crippen MR) is 323 cm³/mol. The number of esters is 1. The van der Waals surface area contributed by atoms with Gasteiger partial charge in [0.2, 0.25) is 59.1 Å². The van der Waals surface area contributed by atoms with E-state index in [1.807, 2.05) is 10.6 Å².